The van der Waals surface area contributed by atoms with Crippen LogP contribution in [0.5, 0.6) is 0 Å². The molecule has 3 nitrogen and oxygen atoms in total. The molecule has 0 aliphatic heterocycles. The predicted molar refractivity (Wildman–Crippen MR) is 44.6 cm³/mol. The zero-order chi connectivity index (χ0) is 8.59. The smallest absolute Gasteiger partial charge is 0.176 e. The molecule has 0 aliphatic carbocycles. The van der Waals surface area contributed by atoms with Crippen molar-refractivity contribution in [2.75, 3.05) is 5.73 Å². The molecule has 1 rings (SSSR count). The average Bonchev–Trinajstić information content (AvgIpc) is 2.07. The van der Waals surface area contributed by atoms with E-state index in [2.05, 4.69) is 0 Å². The molecule has 0 unspecified atom stereocenters. The normalized spacial score (nSPS) is 10.1. The second-order valence-corrected chi connectivity index (χ2v) is 2.73. The first-order valence-corrected chi connectivity index (χ1v) is 3.46. The van der Waals surface area contributed by atoms with Crippen molar-refractivity contribution < 1.29 is 4.79 Å². The Bertz CT molecular complexity index is 299. The number of aryl methyl sites for hydroxylation is 1. The van der Waals surface area contributed by atoms with Crippen LogP contribution in [0.25, 0.3) is 0 Å². The van der Waals surface area contributed by atoms with Gasteiger partial charge in [0, 0.05) is 25.7 Å². The van der Waals surface area contributed by atoms with Gasteiger partial charge in [-0.1, -0.05) is 0 Å². The van der Waals surface area contributed by atoms with Gasteiger partial charge in [-0.3, -0.25) is 4.79 Å². The van der Waals surface area contributed by atoms with Crippen LogP contribution >= 0.6 is 0 Å². The molecule has 0 saturated carbocycles. The second kappa shape index (κ2) is 2.42. The highest BCUT2D eigenvalue weighted by molar-refractivity contribution is 5.95. The monoisotopic (exact) mass is 152 g/mol. The molecule has 0 atom stereocenters. The van der Waals surface area contributed by atoms with Crippen LogP contribution in [-0.2, 0) is 7.05 Å². The highest BCUT2D eigenvalue weighted by Crippen LogP contribution is 2.17. The SMILES string of the molecule is CC(=O)c1c(C)c(N)cn1C. The number of aromatic nitrogens is 1. The van der Waals surface area contributed by atoms with Gasteiger partial charge in [0.05, 0.1) is 11.4 Å². The minimum absolute atomic E-state index is 0.0571. The number of carbonyl (C=O) groups excluding carboxylic acids is 1. The van der Waals surface area contributed by atoms with E-state index in [0.717, 1.165) is 5.56 Å². The third kappa shape index (κ3) is 1.13. The van der Waals surface area contributed by atoms with Crippen molar-refractivity contribution in [2.45, 2.75) is 13.8 Å². The second-order valence-electron chi connectivity index (χ2n) is 2.73. The average molecular weight is 152 g/mol. The van der Waals surface area contributed by atoms with Gasteiger partial charge in [-0.05, 0) is 6.92 Å². The van der Waals surface area contributed by atoms with Gasteiger partial charge >= 0.3 is 0 Å². The van der Waals surface area contributed by atoms with Gasteiger partial charge in [-0.2, -0.15) is 0 Å². The molecule has 0 fully saturated rings. The number of carbonyl (C=O) groups is 1. The van der Waals surface area contributed by atoms with Gasteiger partial charge in [0.2, 0.25) is 0 Å². The lowest BCUT2D eigenvalue weighted by atomic mass is 10.2. The summed E-state index contributed by atoms with van der Waals surface area (Å²) in [5.74, 6) is 0.0571. The van der Waals surface area contributed by atoms with E-state index in [9.17, 15) is 4.79 Å². The standard InChI is InChI=1S/C8H12N2O/c1-5-7(9)4-10(3)8(5)6(2)11/h4H,9H2,1-3H3. The number of anilines is 1. The van der Waals surface area contributed by atoms with Crippen molar-refractivity contribution in [1.82, 2.24) is 4.57 Å². The van der Waals surface area contributed by atoms with Gasteiger partial charge in [0.25, 0.3) is 0 Å². The molecule has 0 aromatic carbocycles. The van der Waals surface area contributed by atoms with Gasteiger partial charge < -0.3 is 10.3 Å². The van der Waals surface area contributed by atoms with Crippen LogP contribution < -0.4 is 5.73 Å². The Morgan fingerprint density at radius 3 is 2.36 bits per heavy atom. The molecule has 0 radical (unpaired) electrons. The number of hydrogen-bond acceptors (Lipinski definition) is 2. The molecule has 0 saturated heterocycles. The summed E-state index contributed by atoms with van der Waals surface area (Å²) >= 11 is 0. The number of Topliss-reactive ketones (excluding diaryl/α,β-unsaturated/α-hetero) is 1. The fourth-order valence-corrected chi connectivity index (χ4v) is 1.28. The Kier molecular flexibility index (Phi) is 1.72. The van der Waals surface area contributed by atoms with Gasteiger partial charge in [0.1, 0.15) is 0 Å². The summed E-state index contributed by atoms with van der Waals surface area (Å²) in [7, 11) is 1.82. The molecule has 1 aromatic heterocycles. The summed E-state index contributed by atoms with van der Waals surface area (Å²) in [6.45, 7) is 3.40. The van der Waals surface area contributed by atoms with Crippen LogP contribution in [0.1, 0.15) is 23.0 Å². The van der Waals surface area contributed by atoms with Crippen molar-refractivity contribution in [3.05, 3.63) is 17.5 Å². The molecular weight excluding hydrogens is 140 g/mol. The molecule has 11 heavy (non-hydrogen) atoms. The summed E-state index contributed by atoms with van der Waals surface area (Å²) in [5, 5.41) is 0. The number of nitrogens with two attached hydrogens (primary N) is 1. The predicted octanol–water partition coefficient (Wildman–Crippen LogP) is 1.12. The van der Waals surface area contributed by atoms with Crippen LogP contribution in [0.15, 0.2) is 6.20 Å². The number of ketones is 1. The maximum absolute atomic E-state index is 11.0. The van der Waals surface area contributed by atoms with Crippen molar-refractivity contribution in [1.29, 1.82) is 0 Å². The highest BCUT2D eigenvalue weighted by atomic mass is 16.1. The highest BCUT2D eigenvalue weighted by Gasteiger charge is 2.10. The summed E-state index contributed by atoms with van der Waals surface area (Å²) < 4.78 is 1.76. The van der Waals surface area contributed by atoms with Crippen LogP contribution in [0.2, 0.25) is 0 Å². The molecule has 2 N–H and O–H groups in total. The molecule has 0 spiro atoms. The van der Waals surface area contributed by atoms with E-state index in [1.165, 1.54) is 0 Å². The van der Waals surface area contributed by atoms with Gasteiger partial charge in [-0.25, -0.2) is 0 Å². The molecule has 0 bridgehead atoms. The van der Waals surface area contributed by atoms with Gasteiger partial charge in [0.15, 0.2) is 5.78 Å². The molecule has 1 aromatic rings. The summed E-state index contributed by atoms with van der Waals surface area (Å²) in [6, 6.07) is 0. The third-order valence-electron chi connectivity index (χ3n) is 1.81. The van der Waals surface area contributed by atoms with Crippen molar-refractivity contribution in [2.24, 2.45) is 7.05 Å². The lowest BCUT2D eigenvalue weighted by Crippen LogP contribution is -2.02. The van der Waals surface area contributed by atoms with Crippen molar-refractivity contribution in [3.63, 3.8) is 0 Å². The molecule has 3 heteroatoms. The van der Waals surface area contributed by atoms with Crippen LogP contribution in [-0.4, -0.2) is 10.4 Å². The van der Waals surface area contributed by atoms with Crippen molar-refractivity contribution >= 4 is 11.5 Å². The van der Waals surface area contributed by atoms with E-state index in [0.29, 0.717) is 11.4 Å². The van der Waals surface area contributed by atoms with Crippen LogP contribution in [0.4, 0.5) is 5.69 Å². The number of nitrogens with zero attached hydrogens (tertiary/aromatic N) is 1. The van der Waals surface area contributed by atoms with Gasteiger partial charge in [-0.15, -0.1) is 0 Å². The van der Waals surface area contributed by atoms with E-state index in [1.54, 1.807) is 17.7 Å². The molecule has 1 heterocycles. The Hall–Kier alpha value is -1.25. The Labute approximate surface area is 65.8 Å². The maximum Gasteiger partial charge on any atom is 0.176 e. The lowest BCUT2D eigenvalue weighted by Gasteiger charge is -1.97. The fraction of sp³-hybridized carbons (Fsp3) is 0.375. The van der Waals surface area contributed by atoms with E-state index < -0.39 is 0 Å². The quantitative estimate of drug-likeness (QED) is 0.613. The number of nitrogen functional groups attached to an aromatic ring is 1. The van der Waals surface area contributed by atoms with E-state index in [4.69, 9.17) is 5.73 Å². The number of rotatable bonds is 1. The summed E-state index contributed by atoms with van der Waals surface area (Å²) in [5.41, 5.74) is 7.86. The lowest BCUT2D eigenvalue weighted by molar-refractivity contribution is 0.100. The molecule has 0 aliphatic rings. The minimum Gasteiger partial charge on any atom is -0.397 e. The number of hydrogen-bond donors (Lipinski definition) is 1. The summed E-state index contributed by atoms with van der Waals surface area (Å²) in [4.78, 5) is 11.0. The van der Waals surface area contributed by atoms with Crippen LogP contribution in [0, 0.1) is 6.92 Å². The summed E-state index contributed by atoms with van der Waals surface area (Å²) in [6.07, 6.45) is 1.76. The zero-order valence-electron chi connectivity index (χ0n) is 7.01. The third-order valence-corrected chi connectivity index (χ3v) is 1.81. The maximum atomic E-state index is 11.0. The fourth-order valence-electron chi connectivity index (χ4n) is 1.28. The minimum atomic E-state index is 0.0571. The largest absolute Gasteiger partial charge is 0.397 e. The molecule has 0 amide bonds. The zero-order valence-corrected chi connectivity index (χ0v) is 7.01. The van der Waals surface area contributed by atoms with E-state index in [1.807, 2.05) is 14.0 Å². The molecule has 60 valence electrons. The van der Waals surface area contributed by atoms with E-state index in [-0.39, 0.29) is 5.78 Å². The Morgan fingerprint density at radius 1 is 1.64 bits per heavy atom. The van der Waals surface area contributed by atoms with E-state index >= 15 is 0 Å². The first-order valence-electron chi connectivity index (χ1n) is 3.46. The van der Waals surface area contributed by atoms with Crippen molar-refractivity contribution in [3.8, 4) is 0 Å². The van der Waals surface area contributed by atoms with Crippen LogP contribution in [0.3, 0.4) is 0 Å². The topological polar surface area (TPSA) is 48.0 Å². The first kappa shape index (κ1) is 7.85. The first-order chi connectivity index (χ1) is 5.04. The Morgan fingerprint density at radius 2 is 2.18 bits per heavy atom. The Balaban J connectivity index is 3.34. The molecular formula is C8H12N2O.